The fraction of sp³-hybridized carbons (Fsp3) is 0.765. The molecular weight excluding hydrogens is 310 g/mol. The van der Waals surface area contributed by atoms with Gasteiger partial charge in [0.1, 0.15) is 0 Å². The lowest BCUT2D eigenvalue weighted by atomic mass is 9.86. The molecule has 0 atom stereocenters. The third kappa shape index (κ3) is 3.24. The number of thiazole rings is 1. The van der Waals surface area contributed by atoms with E-state index in [1.54, 1.807) is 11.3 Å². The van der Waals surface area contributed by atoms with E-state index < -0.39 is 0 Å². The average Bonchev–Trinajstić information content (AvgIpc) is 3.31. The molecule has 0 N–H and O–H groups in total. The van der Waals surface area contributed by atoms with Crippen molar-refractivity contribution >= 4 is 22.4 Å². The molecule has 0 aromatic carbocycles. The zero-order valence-corrected chi connectivity index (χ0v) is 14.4. The van der Waals surface area contributed by atoms with Gasteiger partial charge < -0.3 is 14.5 Å². The molecule has 23 heavy (non-hydrogen) atoms. The maximum Gasteiger partial charge on any atom is 0.228 e. The van der Waals surface area contributed by atoms with Crippen molar-refractivity contribution in [3.8, 4) is 0 Å². The molecule has 3 aliphatic rings. The number of carbonyl (C=O) groups excluding carboxylic acids is 1. The zero-order valence-electron chi connectivity index (χ0n) is 13.6. The number of ether oxygens (including phenoxy) is 1. The van der Waals surface area contributed by atoms with E-state index in [9.17, 15) is 4.79 Å². The van der Waals surface area contributed by atoms with Crippen molar-refractivity contribution in [2.24, 2.45) is 5.41 Å². The van der Waals surface area contributed by atoms with Crippen LogP contribution < -0.4 is 4.90 Å². The first-order chi connectivity index (χ1) is 11.2. The van der Waals surface area contributed by atoms with Crippen molar-refractivity contribution in [3.05, 3.63) is 11.1 Å². The van der Waals surface area contributed by atoms with E-state index in [2.05, 4.69) is 14.8 Å². The summed E-state index contributed by atoms with van der Waals surface area (Å²) in [5, 5.41) is 3.08. The lowest BCUT2D eigenvalue weighted by molar-refractivity contribution is -0.129. The highest BCUT2D eigenvalue weighted by Gasteiger charge is 2.41. The van der Waals surface area contributed by atoms with Crippen LogP contribution in [0.2, 0.25) is 0 Å². The van der Waals surface area contributed by atoms with Crippen molar-refractivity contribution in [3.63, 3.8) is 0 Å². The van der Waals surface area contributed by atoms with Gasteiger partial charge in [0.05, 0.1) is 25.3 Å². The largest absolute Gasteiger partial charge is 0.378 e. The molecule has 1 aromatic heterocycles. The first-order valence-corrected chi connectivity index (χ1v) is 9.67. The van der Waals surface area contributed by atoms with Gasteiger partial charge in [0.25, 0.3) is 0 Å². The minimum absolute atomic E-state index is 0.257. The summed E-state index contributed by atoms with van der Waals surface area (Å²) in [7, 11) is 0. The SMILES string of the molecule is O=C(Cc1csc(N2CCOCC2)n1)N1CCC2(CCCC2)C1. The minimum Gasteiger partial charge on any atom is -0.378 e. The molecule has 1 aliphatic carbocycles. The summed E-state index contributed by atoms with van der Waals surface area (Å²) < 4.78 is 5.38. The van der Waals surface area contributed by atoms with Gasteiger partial charge in [0.15, 0.2) is 5.13 Å². The maximum atomic E-state index is 12.6. The van der Waals surface area contributed by atoms with E-state index in [0.29, 0.717) is 11.8 Å². The van der Waals surface area contributed by atoms with Gasteiger partial charge in [-0.05, 0) is 24.7 Å². The van der Waals surface area contributed by atoms with Crippen LogP contribution in [0.4, 0.5) is 5.13 Å². The number of aromatic nitrogens is 1. The highest BCUT2D eigenvalue weighted by molar-refractivity contribution is 7.13. The van der Waals surface area contributed by atoms with Crippen LogP contribution in [0.25, 0.3) is 0 Å². The number of rotatable bonds is 3. The van der Waals surface area contributed by atoms with Crippen LogP contribution in [0.1, 0.15) is 37.8 Å². The summed E-state index contributed by atoms with van der Waals surface area (Å²) in [6, 6.07) is 0. The van der Waals surface area contributed by atoms with E-state index >= 15 is 0 Å². The molecule has 126 valence electrons. The Hall–Kier alpha value is -1.14. The first kappa shape index (κ1) is 15.4. The van der Waals surface area contributed by atoms with Crippen molar-refractivity contribution in [1.82, 2.24) is 9.88 Å². The van der Waals surface area contributed by atoms with Gasteiger partial charge >= 0.3 is 0 Å². The van der Waals surface area contributed by atoms with Gasteiger partial charge in [-0.25, -0.2) is 4.98 Å². The van der Waals surface area contributed by atoms with Gasteiger partial charge in [-0.15, -0.1) is 11.3 Å². The average molecular weight is 335 g/mol. The second-order valence-corrected chi connectivity index (χ2v) is 8.01. The lowest BCUT2D eigenvalue weighted by Gasteiger charge is -2.26. The molecule has 1 saturated carbocycles. The molecule has 3 heterocycles. The second kappa shape index (κ2) is 6.40. The standard InChI is InChI=1S/C17H25N3O2S/c21-15(20-6-5-17(13-20)3-1-2-4-17)11-14-12-23-16(18-14)19-7-9-22-10-8-19/h12H,1-11,13H2. The number of anilines is 1. The molecule has 0 radical (unpaired) electrons. The van der Waals surface area contributed by atoms with E-state index in [0.717, 1.165) is 50.2 Å². The molecule has 6 heteroatoms. The van der Waals surface area contributed by atoms with Crippen LogP contribution in [0.3, 0.4) is 0 Å². The summed E-state index contributed by atoms with van der Waals surface area (Å²) in [6.07, 6.45) is 6.98. The van der Waals surface area contributed by atoms with Gasteiger partial charge in [-0.1, -0.05) is 12.8 Å². The molecule has 4 rings (SSSR count). The number of morpholine rings is 1. The van der Waals surface area contributed by atoms with Crippen molar-refractivity contribution < 1.29 is 9.53 Å². The van der Waals surface area contributed by atoms with Gasteiger partial charge in [-0.3, -0.25) is 4.79 Å². The quantitative estimate of drug-likeness (QED) is 0.850. The summed E-state index contributed by atoms with van der Waals surface area (Å²) in [4.78, 5) is 21.6. The molecular formula is C17H25N3O2S. The second-order valence-electron chi connectivity index (χ2n) is 7.17. The van der Waals surface area contributed by atoms with E-state index in [1.165, 1.54) is 32.1 Å². The Kier molecular flexibility index (Phi) is 4.28. The summed E-state index contributed by atoms with van der Waals surface area (Å²) in [5.74, 6) is 0.257. The predicted octanol–water partition coefficient (Wildman–Crippen LogP) is 2.31. The monoisotopic (exact) mass is 335 g/mol. The van der Waals surface area contributed by atoms with Crippen LogP contribution in [0, 0.1) is 5.41 Å². The Morgan fingerprint density at radius 2 is 2.00 bits per heavy atom. The minimum atomic E-state index is 0.257. The number of hydrogen-bond acceptors (Lipinski definition) is 5. The molecule has 0 unspecified atom stereocenters. The fourth-order valence-electron chi connectivity index (χ4n) is 4.23. The highest BCUT2D eigenvalue weighted by atomic mass is 32.1. The van der Waals surface area contributed by atoms with Crippen LogP contribution in [0.15, 0.2) is 5.38 Å². The van der Waals surface area contributed by atoms with Gasteiger partial charge in [-0.2, -0.15) is 0 Å². The molecule has 1 spiro atoms. The molecule has 1 amide bonds. The van der Waals surface area contributed by atoms with E-state index in [4.69, 9.17) is 4.74 Å². The molecule has 3 fully saturated rings. The van der Waals surface area contributed by atoms with Crippen molar-refractivity contribution in [2.75, 3.05) is 44.3 Å². The number of carbonyl (C=O) groups is 1. The predicted molar refractivity (Wildman–Crippen MR) is 90.9 cm³/mol. The van der Waals surface area contributed by atoms with Crippen LogP contribution in [-0.4, -0.2) is 55.2 Å². The zero-order chi connectivity index (χ0) is 15.7. The molecule has 2 aliphatic heterocycles. The molecule has 2 saturated heterocycles. The van der Waals surface area contributed by atoms with Crippen LogP contribution in [0.5, 0.6) is 0 Å². The molecule has 5 nitrogen and oxygen atoms in total. The van der Waals surface area contributed by atoms with E-state index in [-0.39, 0.29) is 5.91 Å². The van der Waals surface area contributed by atoms with Gasteiger partial charge in [0, 0.05) is 31.6 Å². The Morgan fingerprint density at radius 3 is 2.78 bits per heavy atom. The Morgan fingerprint density at radius 1 is 1.22 bits per heavy atom. The number of likely N-dealkylation sites (tertiary alicyclic amines) is 1. The fourth-order valence-corrected chi connectivity index (χ4v) is 5.10. The first-order valence-electron chi connectivity index (χ1n) is 8.79. The summed E-state index contributed by atoms with van der Waals surface area (Å²) in [5.41, 5.74) is 1.38. The van der Waals surface area contributed by atoms with Gasteiger partial charge in [0.2, 0.25) is 5.91 Å². The Balaban J connectivity index is 1.35. The summed E-state index contributed by atoms with van der Waals surface area (Å²) in [6.45, 7) is 5.25. The Labute approximate surface area is 141 Å². The van der Waals surface area contributed by atoms with Crippen molar-refractivity contribution in [1.29, 1.82) is 0 Å². The normalized spacial score (nSPS) is 23.8. The number of hydrogen-bond donors (Lipinski definition) is 0. The molecule has 1 aromatic rings. The smallest absolute Gasteiger partial charge is 0.228 e. The van der Waals surface area contributed by atoms with Crippen LogP contribution >= 0.6 is 11.3 Å². The molecule has 0 bridgehead atoms. The maximum absolute atomic E-state index is 12.6. The summed E-state index contributed by atoms with van der Waals surface area (Å²) >= 11 is 1.65. The third-order valence-electron chi connectivity index (χ3n) is 5.61. The highest BCUT2D eigenvalue weighted by Crippen LogP contribution is 2.45. The topological polar surface area (TPSA) is 45.7 Å². The van der Waals surface area contributed by atoms with Crippen molar-refractivity contribution in [2.45, 2.75) is 38.5 Å². The van der Waals surface area contributed by atoms with Crippen LogP contribution in [-0.2, 0) is 16.0 Å². The Bertz CT molecular complexity index is 562. The number of nitrogens with zero attached hydrogens (tertiary/aromatic N) is 3. The lowest BCUT2D eigenvalue weighted by Crippen LogP contribution is -2.36. The third-order valence-corrected chi connectivity index (χ3v) is 6.56. The van der Waals surface area contributed by atoms with E-state index in [1.807, 2.05) is 5.38 Å². The number of amides is 1.